The SMILES string of the molecule is N#CC1(CC2CC2)CCCC1.NC1CC1.NCC1(CC2CC2)CCCC1.O=C1CCCC1. The first kappa shape index (κ1) is 25.7. The lowest BCUT2D eigenvalue weighted by atomic mass is 9.81. The van der Waals surface area contributed by atoms with Crippen molar-refractivity contribution in [1.82, 2.24) is 0 Å². The quantitative estimate of drug-likeness (QED) is 0.513. The standard InChI is InChI=1S/C10H19N.C10H15N.C5H8O.C3H7N/c2*11-8-10(5-1-2-6-10)7-9-3-4-9;6-5-3-1-2-4-5;4-3-1-2-3/h9H,1-8,11H2;9H,1-7H2;1-4H2;3H,1-2,4H2. The third-order valence-electron chi connectivity index (χ3n) is 8.47. The summed E-state index contributed by atoms with van der Waals surface area (Å²) in [6, 6.07) is 3.13. The molecule has 0 spiro atoms. The number of hydrogen-bond donors (Lipinski definition) is 2. The van der Waals surface area contributed by atoms with Crippen molar-refractivity contribution in [2.75, 3.05) is 6.54 Å². The predicted octanol–water partition coefficient (Wildman–Crippen LogP) is 6.41. The van der Waals surface area contributed by atoms with Crippen molar-refractivity contribution in [2.45, 2.75) is 134 Å². The maximum atomic E-state index is 10.2. The van der Waals surface area contributed by atoms with Gasteiger partial charge in [-0.25, -0.2) is 0 Å². The minimum Gasteiger partial charge on any atom is -0.330 e. The molecule has 0 heterocycles. The molecule has 6 aliphatic carbocycles. The second kappa shape index (κ2) is 12.5. The van der Waals surface area contributed by atoms with Crippen LogP contribution in [0.3, 0.4) is 0 Å². The molecule has 0 aromatic heterocycles. The molecule has 4 nitrogen and oxygen atoms in total. The summed E-state index contributed by atoms with van der Waals surface area (Å²) in [6.07, 6.45) is 25.6. The normalized spacial score (nSPS) is 27.2. The molecule has 0 aromatic rings. The van der Waals surface area contributed by atoms with Crippen LogP contribution < -0.4 is 11.5 Å². The zero-order valence-electron chi connectivity index (χ0n) is 20.6. The molecule has 0 bridgehead atoms. The molecule has 182 valence electrons. The second-order valence-corrected chi connectivity index (χ2v) is 11.9. The first-order valence-electron chi connectivity index (χ1n) is 13.9. The number of carbonyl (C=O) groups is 1. The van der Waals surface area contributed by atoms with Gasteiger partial charge < -0.3 is 11.5 Å². The van der Waals surface area contributed by atoms with E-state index >= 15 is 0 Å². The van der Waals surface area contributed by atoms with Gasteiger partial charge in [-0.2, -0.15) is 5.26 Å². The predicted molar refractivity (Wildman–Crippen MR) is 132 cm³/mol. The first-order valence-corrected chi connectivity index (χ1v) is 13.9. The summed E-state index contributed by atoms with van der Waals surface area (Å²) >= 11 is 0. The number of rotatable bonds is 5. The summed E-state index contributed by atoms with van der Waals surface area (Å²) in [5, 5.41) is 9.04. The zero-order valence-corrected chi connectivity index (χ0v) is 20.6. The Bertz CT molecular complexity index is 593. The molecule has 32 heavy (non-hydrogen) atoms. The van der Waals surface area contributed by atoms with Crippen LogP contribution in [0, 0.1) is 34.0 Å². The lowest BCUT2D eigenvalue weighted by molar-refractivity contribution is -0.117. The van der Waals surface area contributed by atoms with E-state index in [1.807, 2.05) is 0 Å². The van der Waals surface area contributed by atoms with Crippen LogP contribution in [0.25, 0.3) is 0 Å². The Kier molecular flexibility index (Phi) is 10.1. The minimum absolute atomic E-state index is 0.126. The highest BCUT2D eigenvalue weighted by atomic mass is 16.1. The molecule has 0 atom stereocenters. The fourth-order valence-corrected chi connectivity index (χ4v) is 5.70. The summed E-state index contributed by atoms with van der Waals surface area (Å²) in [7, 11) is 0. The van der Waals surface area contributed by atoms with Gasteiger partial charge in [0.25, 0.3) is 0 Å². The van der Waals surface area contributed by atoms with E-state index in [9.17, 15) is 4.79 Å². The summed E-state index contributed by atoms with van der Waals surface area (Å²) in [5.74, 6) is 2.44. The number of nitrogens with two attached hydrogens (primary N) is 2. The van der Waals surface area contributed by atoms with E-state index in [2.05, 4.69) is 6.07 Å². The molecular weight excluding hydrogens is 394 g/mol. The first-order chi connectivity index (χ1) is 15.5. The Hall–Kier alpha value is -0.920. The van der Waals surface area contributed by atoms with Crippen LogP contribution in [0.15, 0.2) is 0 Å². The van der Waals surface area contributed by atoms with Gasteiger partial charge in [0.2, 0.25) is 0 Å². The van der Waals surface area contributed by atoms with Gasteiger partial charge in [0.1, 0.15) is 5.78 Å². The van der Waals surface area contributed by atoms with Crippen LogP contribution in [-0.4, -0.2) is 18.4 Å². The highest BCUT2D eigenvalue weighted by molar-refractivity contribution is 5.80. The van der Waals surface area contributed by atoms with E-state index in [4.69, 9.17) is 16.7 Å². The average Bonchev–Trinajstić information content (AvgIpc) is 3.77. The third kappa shape index (κ3) is 9.52. The van der Waals surface area contributed by atoms with Gasteiger partial charge in [0.05, 0.1) is 11.5 Å². The molecular formula is C28H49N3O. The monoisotopic (exact) mass is 443 g/mol. The average molecular weight is 444 g/mol. The van der Waals surface area contributed by atoms with Crippen LogP contribution in [0.4, 0.5) is 0 Å². The molecule has 0 aliphatic heterocycles. The zero-order chi connectivity index (χ0) is 22.9. The van der Waals surface area contributed by atoms with E-state index in [-0.39, 0.29) is 5.41 Å². The van der Waals surface area contributed by atoms with Gasteiger partial charge >= 0.3 is 0 Å². The number of carbonyl (C=O) groups excluding carboxylic acids is 1. The minimum atomic E-state index is 0.126. The van der Waals surface area contributed by atoms with E-state index in [1.54, 1.807) is 0 Å². The number of nitriles is 1. The molecule has 4 N–H and O–H groups in total. The van der Waals surface area contributed by atoms with Gasteiger partial charge in [-0.1, -0.05) is 51.4 Å². The Labute approximate surface area is 197 Å². The highest BCUT2D eigenvalue weighted by Crippen LogP contribution is 2.49. The van der Waals surface area contributed by atoms with Crippen LogP contribution in [0.2, 0.25) is 0 Å². The molecule has 0 unspecified atom stereocenters. The molecule has 6 aliphatic rings. The number of Topliss-reactive ketones (excluding diaryl/α,β-unsaturated/α-hetero) is 1. The Balaban J connectivity index is 0.000000129. The fourth-order valence-electron chi connectivity index (χ4n) is 5.70. The van der Waals surface area contributed by atoms with Gasteiger partial charge in [-0.05, 0) is 88.0 Å². The van der Waals surface area contributed by atoms with Gasteiger partial charge in [0, 0.05) is 18.9 Å². The van der Waals surface area contributed by atoms with E-state index in [0.717, 1.165) is 44.1 Å². The van der Waals surface area contributed by atoms with Crippen LogP contribution in [-0.2, 0) is 4.79 Å². The molecule has 0 saturated heterocycles. The summed E-state index contributed by atoms with van der Waals surface area (Å²) in [6.45, 7) is 0.948. The highest BCUT2D eigenvalue weighted by Gasteiger charge is 2.39. The lowest BCUT2D eigenvalue weighted by Gasteiger charge is -2.26. The molecule has 0 amide bonds. The smallest absolute Gasteiger partial charge is 0.132 e. The van der Waals surface area contributed by atoms with E-state index in [0.29, 0.717) is 17.2 Å². The number of nitrogens with zero attached hydrogens (tertiary/aromatic N) is 1. The van der Waals surface area contributed by atoms with E-state index in [1.165, 1.54) is 103 Å². The van der Waals surface area contributed by atoms with Crippen molar-refractivity contribution in [1.29, 1.82) is 5.26 Å². The van der Waals surface area contributed by atoms with Gasteiger partial charge in [-0.15, -0.1) is 0 Å². The Morgan fingerprint density at radius 2 is 1.25 bits per heavy atom. The van der Waals surface area contributed by atoms with Crippen molar-refractivity contribution in [3.05, 3.63) is 0 Å². The fraction of sp³-hybridized carbons (Fsp3) is 0.929. The van der Waals surface area contributed by atoms with Gasteiger partial charge in [-0.3, -0.25) is 4.79 Å². The molecule has 6 rings (SSSR count). The second-order valence-electron chi connectivity index (χ2n) is 11.9. The summed E-state index contributed by atoms with van der Waals surface area (Å²) in [5.41, 5.74) is 11.8. The maximum absolute atomic E-state index is 10.2. The largest absolute Gasteiger partial charge is 0.330 e. The van der Waals surface area contributed by atoms with Crippen molar-refractivity contribution >= 4 is 5.78 Å². The Morgan fingerprint density at radius 3 is 1.59 bits per heavy atom. The molecule has 0 aromatic carbocycles. The lowest BCUT2D eigenvalue weighted by Crippen LogP contribution is -2.27. The molecule has 0 radical (unpaired) electrons. The Morgan fingerprint density at radius 1 is 0.781 bits per heavy atom. The number of ketones is 1. The van der Waals surface area contributed by atoms with Crippen molar-refractivity contribution < 1.29 is 4.79 Å². The molecule has 6 saturated carbocycles. The van der Waals surface area contributed by atoms with E-state index < -0.39 is 0 Å². The van der Waals surface area contributed by atoms with Crippen molar-refractivity contribution in [2.24, 2.45) is 34.1 Å². The summed E-state index contributed by atoms with van der Waals surface area (Å²) in [4.78, 5) is 10.2. The maximum Gasteiger partial charge on any atom is 0.132 e. The number of hydrogen-bond acceptors (Lipinski definition) is 4. The van der Waals surface area contributed by atoms with Crippen LogP contribution in [0.1, 0.15) is 128 Å². The third-order valence-corrected chi connectivity index (χ3v) is 8.47. The van der Waals surface area contributed by atoms with Crippen LogP contribution >= 0.6 is 0 Å². The van der Waals surface area contributed by atoms with Gasteiger partial charge in [0.15, 0.2) is 0 Å². The topological polar surface area (TPSA) is 92.9 Å². The van der Waals surface area contributed by atoms with Crippen molar-refractivity contribution in [3.8, 4) is 6.07 Å². The molecule has 4 heteroatoms. The molecule has 6 fully saturated rings. The summed E-state index contributed by atoms with van der Waals surface area (Å²) < 4.78 is 0. The van der Waals surface area contributed by atoms with Crippen molar-refractivity contribution in [3.63, 3.8) is 0 Å². The van der Waals surface area contributed by atoms with Crippen LogP contribution in [0.5, 0.6) is 0 Å².